The molecule has 6 nitrogen and oxygen atoms in total. The highest BCUT2D eigenvalue weighted by molar-refractivity contribution is 8.15. The minimum Gasteiger partial charge on any atom is -0.504 e. The van der Waals surface area contributed by atoms with E-state index < -0.39 is 6.17 Å². The molecule has 0 saturated carbocycles. The fourth-order valence-electron chi connectivity index (χ4n) is 3.09. The second-order valence-electron chi connectivity index (χ2n) is 6.71. The summed E-state index contributed by atoms with van der Waals surface area (Å²) >= 11 is 3.49. The molecule has 2 aliphatic rings. The number of nitrogens with zero attached hydrogens (tertiary/aromatic N) is 4. The van der Waals surface area contributed by atoms with E-state index >= 15 is 0 Å². The highest BCUT2D eigenvalue weighted by Gasteiger charge is 2.28. The number of phenols is 1. The normalized spacial score (nSPS) is 27.6. The van der Waals surface area contributed by atoms with Gasteiger partial charge in [-0.3, -0.25) is 0 Å². The van der Waals surface area contributed by atoms with Gasteiger partial charge in [-0.05, 0) is 6.07 Å². The second-order valence-corrected chi connectivity index (χ2v) is 9.52. The van der Waals surface area contributed by atoms with E-state index in [-0.39, 0.29) is 5.75 Å². The maximum Gasteiger partial charge on any atom is 0.174 e. The largest absolute Gasteiger partial charge is 0.504 e. The Balaban J connectivity index is 2.03. The Bertz CT molecular complexity index is 691. The maximum absolute atomic E-state index is 10.6. The van der Waals surface area contributed by atoms with Crippen LogP contribution in [0.5, 0.6) is 11.5 Å². The van der Waals surface area contributed by atoms with Crippen LogP contribution in [-0.2, 0) is 0 Å². The molecule has 2 saturated heterocycles. The van der Waals surface area contributed by atoms with E-state index in [1.807, 2.05) is 26.2 Å². The lowest BCUT2D eigenvalue weighted by Crippen LogP contribution is -2.22. The number of benzene rings is 1. The van der Waals surface area contributed by atoms with Crippen LogP contribution in [0.15, 0.2) is 28.2 Å². The lowest BCUT2D eigenvalue weighted by molar-refractivity contribution is 0.368. The van der Waals surface area contributed by atoms with Crippen LogP contribution in [0.1, 0.15) is 25.6 Å². The van der Waals surface area contributed by atoms with Crippen molar-refractivity contribution in [1.29, 1.82) is 0 Å². The Hall–Kier alpha value is -1.54. The summed E-state index contributed by atoms with van der Waals surface area (Å²) in [5.74, 6) is 0.542. The van der Waals surface area contributed by atoms with Gasteiger partial charge in [-0.15, -0.1) is 0 Å². The Morgan fingerprint density at radius 2 is 1.62 bits per heavy atom. The van der Waals surface area contributed by atoms with E-state index in [1.165, 1.54) is 0 Å². The Kier molecular flexibility index (Phi) is 5.92. The highest BCUT2D eigenvalue weighted by Crippen LogP contribution is 2.38. The van der Waals surface area contributed by atoms with E-state index in [1.54, 1.807) is 36.7 Å². The van der Waals surface area contributed by atoms with Gasteiger partial charge in [-0.2, -0.15) is 0 Å². The van der Waals surface area contributed by atoms with Crippen molar-refractivity contribution in [3.8, 4) is 11.5 Å². The van der Waals surface area contributed by atoms with Crippen LogP contribution in [0.3, 0.4) is 0 Å². The van der Waals surface area contributed by atoms with Crippen LogP contribution in [0.25, 0.3) is 0 Å². The summed E-state index contributed by atoms with van der Waals surface area (Å²) in [6, 6.07) is 5.47. The third-order valence-corrected chi connectivity index (χ3v) is 6.68. The predicted octanol–water partition coefficient (Wildman–Crippen LogP) is 3.25. The molecule has 0 aromatic heterocycles. The van der Waals surface area contributed by atoms with Crippen molar-refractivity contribution in [3.63, 3.8) is 0 Å². The summed E-state index contributed by atoms with van der Waals surface area (Å²) < 4.78 is 5.27. The van der Waals surface area contributed by atoms with Gasteiger partial charge in [0.25, 0.3) is 0 Å². The van der Waals surface area contributed by atoms with Gasteiger partial charge in [0.05, 0.1) is 7.11 Å². The molecular weight excluding hydrogens is 368 g/mol. The Labute approximate surface area is 163 Å². The van der Waals surface area contributed by atoms with Crippen molar-refractivity contribution in [2.45, 2.75) is 30.5 Å². The molecule has 2 atom stereocenters. The van der Waals surface area contributed by atoms with Crippen molar-refractivity contribution in [3.05, 3.63) is 23.8 Å². The minimum absolute atomic E-state index is 0.103. The number of hydrogen-bond donors (Lipinski definition) is 1. The zero-order valence-electron chi connectivity index (χ0n) is 15.8. The number of aliphatic imine (C=N–C) groups is 2. The summed E-state index contributed by atoms with van der Waals surface area (Å²) in [5.41, 5.74) is 0.659. The summed E-state index contributed by atoms with van der Waals surface area (Å²) in [6.07, 6.45) is -0.504. The number of thioether (sulfide) groups is 2. The van der Waals surface area contributed by atoms with Gasteiger partial charge >= 0.3 is 0 Å². The van der Waals surface area contributed by atoms with Crippen LogP contribution in [0.2, 0.25) is 0 Å². The molecule has 142 valence electrons. The number of phenolic OH excluding ortho intramolecular Hbond substituents is 1. The molecule has 2 fully saturated rings. The van der Waals surface area contributed by atoms with Gasteiger partial charge < -0.3 is 19.6 Å². The average molecular weight is 395 g/mol. The molecule has 0 radical (unpaired) electrons. The topological polar surface area (TPSA) is 60.7 Å². The van der Waals surface area contributed by atoms with E-state index in [0.29, 0.717) is 21.8 Å². The van der Waals surface area contributed by atoms with Gasteiger partial charge in [-0.25, -0.2) is 9.98 Å². The fraction of sp³-hybridized carbons (Fsp3) is 0.556. The third kappa shape index (κ3) is 4.06. The SMILES string of the molecule is COc1cccc(C(N=C2SC(C)CN2C)N=C2SC(C)CN2C)c1O. The monoisotopic (exact) mass is 394 g/mol. The zero-order valence-corrected chi connectivity index (χ0v) is 17.5. The molecule has 8 heteroatoms. The molecule has 0 spiro atoms. The van der Waals surface area contributed by atoms with Gasteiger partial charge in [0.1, 0.15) is 0 Å². The molecule has 26 heavy (non-hydrogen) atoms. The Morgan fingerprint density at radius 3 is 2.04 bits per heavy atom. The van der Waals surface area contributed by atoms with E-state index in [2.05, 4.69) is 23.6 Å². The molecule has 1 N–H and O–H groups in total. The molecule has 2 aliphatic heterocycles. The van der Waals surface area contributed by atoms with E-state index in [0.717, 1.165) is 23.4 Å². The molecule has 2 heterocycles. The molecule has 0 aliphatic carbocycles. The summed E-state index contributed by atoms with van der Waals surface area (Å²) in [7, 11) is 5.64. The van der Waals surface area contributed by atoms with Crippen LogP contribution in [-0.4, -0.2) is 70.0 Å². The zero-order chi connectivity index (χ0) is 18.8. The number of hydrogen-bond acceptors (Lipinski definition) is 6. The average Bonchev–Trinajstić information content (AvgIpc) is 3.07. The molecule has 1 aromatic carbocycles. The lowest BCUT2D eigenvalue weighted by atomic mass is 10.1. The van der Waals surface area contributed by atoms with Crippen LogP contribution in [0, 0.1) is 0 Å². The first-order valence-corrected chi connectivity index (χ1v) is 10.4. The first kappa shape index (κ1) is 19.2. The first-order valence-electron chi connectivity index (χ1n) is 8.66. The van der Waals surface area contributed by atoms with E-state index in [4.69, 9.17) is 14.7 Å². The molecule has 2 unspecified atom stereocenters. The fourth-order valence-corrected chi connectivity index (χ4v) is 5.24. The summed E-state index contributed by atoms with van der Waals surface area (Å²) in [4.78, 5) is 14.1. The Morgan fingerprint density at radius 1 is 1.08 bits per heavy atom. The molecule has 3 rings (SSSR count). The van der Waals surface area contributed by atoms with Gasteiger partial charge in [0.15, 0.2) is 28.0 Å². The molecule has 1 aromatic rings. The van der Waals surface area contributed by atoms with Crippen LogP contribution >= 0.6 is 23.5 Å². The van der Waals surface area contributed by atoms with Gasteiger partial charge in [-0.1, -0.05) is 49.5 Å². The number of methoxy groups -OCH3 is 1. The summed E-state index contributed by atoms with van der Waals surface area (Å²) in [6.45, 7) is 6.30. The number of amidine groups is 2. The van der Waals surface area contributed by atoms with E-state index in [9.17, 15) is 5.11 Å². The number of aromatic hydroxyl groups is 1. The lowest BCUT2D eigenvalue weighted by Gasteiger charge is -2.18. The molecule has 0 bridgehead atoms. The third-order valence-electron chi connectivity index (χ3n) is 4.32. The molecular formula is C18H26N4O2S2. The number of rotatable bonds is 4. The van der Waals surface area contributed by atoms with Gasteiger partial charge in [0, 0.05) is 43.2 Å². The predicted molar refractivity (Wildman–Crippen MR) is 112 cm³/mol. The second kappa shape index (κ2) is 8.00. The summed E-state index contributed by atoms with van der Waals surface area (Å²) in [5, 5.41) is 13.5. The van der Waals surface area contributed by atoms with Crippen LogP contribution < -0.4 is 4.74 Å². The van der Waals surface area contributed by atoms with Crippen molar-refractivity contribution in [2.24, 2.45) is 9.98 Å². The number of para-hydroxylation sites is 1. The quantitative estimate of drug-likeness (QED) is 0.846. The van der Waals surface area contributed by atoms with Crippen molar-refractivity contribution >= 4 is 33.9 Å². The highest BCUT2D eigenvalue weighted by atomic mass is 32.2. The smallest absolute Gasteiger partial charge is 0.174 e. The van der Waals surface area contributed by atoms with Crippen LogP contribution in [0.4, 0.5) is 0 Å². The molecule has 0 amide bonds. The van der Waals surface area contributed by atoms with Crippen molar-refractivity contribution in [1.82, 2.24) is 9.80 Å². The maximum atomic E-state index is 10.6. The standard InChI is InChI=1S/C18H26N4O2S2/c1-11-9-21(3)17(25-11)19-16(20-18-22(4)10-12(2)26-18)13-7-6-8-14(24-5)15(13)23/h6-8,11-12,16,23H,9-10H2,1-5H3. The van der Waals surface area contributed by atoms with Gasteiger partial charge in [0.2, 0.25) is 0 Å². The first-order chi connectivity index (χ1) is 12.4. The minimum atomic E-state index is -0.504. The van der Waals surface area contributed by atoms with Crippen molar-refractivity contribution < 1.29 is 9.84 Å². The van der Waals surface area contributed by atoms with Crippen molar-refractivity contribution in [2.75, 3.05) is 34.3 Å². The number of ether oxygens (including phenoxy) is 1.